The van der Waals surface area contributed by atoms with Gasteiger partial charge in [-0.05, 0) is 5.76 Å². The first-order chi connectivity index (χ1) is 4.22. The quantitative estimate of drug-likeness (QED) is 0.127. The summed E-state index contributed by atoms with van der Waals surface area (Å²) in [7, 11) is 1.08. The van der Waals surface area contributed by atoms with Crippen LogP contribution < -0.4 is 34.7 Å². The molecule has 0 saturated carbocycles. The number of carbonyl (C=O) groups excluding carboxylic acids is 1. The van der Waals surface area contributed by atoms with Crippen molar-refractivity contribution >= 4 is 5.97 Å². The molecule has 0 aliphatic rings. The van der Waals surface area contributed by atoms with Crippen LogP contribution in [0.25, 0.3) is 4.85 Å². The van der Waals surface area contributed by atoms with Crippen LogP contribution in [0.1, 0.15) is 0 Å². The van der Waals surface area contributed by atoms with Crippen LogP contribution in [0.4, 0.5) is 0 Å². The van der Waals surface area contributed by atoms with Gasteiger partial charge in [-0.1, -0.05) is 0 Å². The molecule has 0 unspecified atom stereocenters. The number of hydrogen-bond acceptors (Lipinski definition) is 3. The summed E-state index contributed by atoms with van der Waals surface area (Å²) in [5.74, 6) is -1.93. The van der Waals surface area contributed by atoms with E-state index < -0.39 is 11.7 Å². The Labute approximate surface area is 80.6 Å². The van der Waals surface area contributed by atoms with E-state index in [4.69, 9.17) is 6.57 Å². The molecular formula is C5H4NNaO3. The second kappa shape index (κ2) is 6.62. The standard InChI is InChI=1S/C5H5NO3.Na/c1-6-3-4(7)5(8)9-2;/h3,7H,2H3;/q;+1/p-1. The Balaban J connectivity index is 0. The largest absolute Gasteiger partial charge is 1.00 e. The average molecular weight is 149 g/mol. The van der Waals surface area contributed by atoms with Crippen molar-refractivity contribution < 1.29 is 44.2 Å². The van der Waals surface area contributed by atoms with E-state index in [1.165, 1.54) is 0 Å². The number of rotatable bonds is 1. The summed E-state index contributed by atoms with van der Waals surface area (Å²) in [5, 5.41) is 10.2. The molecule has 0 saturated heterocycles. The maximum Gasteiger partial charge on any atom is 1.00 e. The van der Waals surface area contributed by atoms with E-state index in [1.54, 1.807) is 0 Å². The fourth-order valence-electron chi connectivity index (χ4n) is 0.212. The molecular weight excluding hydrogens is 145 g/mol. The van der Waals surface area contributed by atoms with Gasteiger partial charge >= 0.3 is 35.5 Å². The summed E-state index contributed by atoms with van der Waals surface area (Å²) >= 11 is 0. The predicted molar refractivity (Wildman–Crippen MR) is 26.7 cm³/mol. The Morgan fingerprint density at radius 3 is 2.60 bits per heavy atom. The number of methoxy groups -OCH3 is 1. The molecule has 0 spiro atoms. The van der Waals surface area contributed by atoms with Crippen molar-refractivity contribution in [2.24, 2.45) is 0 Å². The number of nitrogens with zero attached hydrogens (tertiary/aromatic N) is 1. The minimum atomic E-state index is -1.01. The summed E-state index contributed by atoms with van der Waals surface area (Å²) in [5.41, 5.74) is 0. The van der Waals surface area contributed by atoms with E-state index in [2.05, 4.69) is 9.58 Å². The maximum absolute atomic E-state index is 10.2. The normalized spacial score (nSPS) is 9.00. The summed E-state index contributed by atoms with van der Waals surface area (Å²) in [6.07, 6.45) is 0.575. The number of carbonyl (C=O) groups is 1. The van der Waals surface area contributed by atoms with Gasteiger partial charge in [-0.2, -0.15) is 0 Å². The zero-order chi connectivity index (χ0) is 7.28. The molecule has 0 heterocycles. The molecule has 0 aliphatic heterocycles. The smallest absolute Gasteiger partial charge is 0.877 e. The van der Waals surface area contributed by atoms with Crippen LogP contribution in [0.5, 0.6) is 0 Å². The first kappa shape index (κ1) is 12.2. The van der Waals surface area contributed by atoms with Gasteiger partial charge in [0, 0.05) is 0 Å². The maximum atomic E-state index is 10.2. The molecule has 0 aromatic rings. The van der Waals surface area contributed by atoms with E-state index in [0.29, 0.717) is 6.20 Å². The van der Waals surface area contributed by atoms with Crippen molar-refractivity contribution in [2.45, 2.75) is 0 Å². The SMILES string of the molecule is [C-]#[N+]C=C([O-])C(=O)OC.[Na+]. The molecule has 0 atom stereocenters. The molecule has 48 valence electrons. The van der Waals surface area contributed by atoms with Crippen LogP contribution in [0.3, 0.4) is 0 Å². The second-order valence-electron chi connectivity index (χ2n) is 1.11. The van der Waals surface area contributed by atoms with Crippen molar-refractivity contribution in [2.75, 3.05) is 7.11 Å². The van der Waals surface area contributed by atoms with Gasteiger partial charge in [0.25, 0.3) is 0 Å². The first-order valence-electron chi connectivity index (χ1n) is 2.04. The van der Waals surface area contributed by atoms with Gasteiger partial charge in [-0.3, -0.25) is 0 Å². The summed E-state index contributed by atoms with van der Waals surface area (Å²) in [4.78, 5) is 12.7. The Bertz CT molecular complexity index is 182. The fourth-order valence-corrected chi connectivity index (χ4v) is 0.212. The number of esters is 1. The molecule has 0 amide bonds. The van der Waals surface area contributed by atoms with Crippen molar-refractivity contribution in [3.05, 3.63) is 23.4 Å². The van der Waals surface area contributed by atoms with Crippen LogP contribution in [-0.2, 0) is 9.53 Å². The first-order valence-corrected chi connectivity index (χ1v) is 2.04. The molecule has 0 bridgehead atoms. The Hall–Kier alpha value is -0.500. The molecule has 0 aromatic heterocycles. The van der Waals surface area contributed by atoms with Gasteiger partial charge in [0.2, 0.25) is 0 Å². The van der Waals surface area contributed by atoms with Crippen LogP contribution in [0.15, 0.2) is 12.0 Å². The second-order valence-corrected chi connectivity index (χ2v) is 1.11. The molecule has 0 N–H and O–H groups in total. The third kappa shape index (κ3) is 4.39. The van der Waals surface area contributed by atoms with Gasteiger partial charge < -0.3 is 9.84 Å². The minimum absolute atomic E-state index is 0. The third-order valence-electron chi connectivity index (χ3n) is 0.568. The zero-order valence-corrected chi connectivity index (χ0v) is 7.75. The molecule has 0 radical (unpaired) electrons. The van der Waals surface area contributed by atoms with Gasteiger partial charge in [0.15, 0.2) is 6.20 Å². The summed E-state index contributed by atoms with van der Waals surface area (Å²) in [6.45, 7) is 6.14. The van der Waals surface area contributed by atoms with Crippen molar-refractivity contribution in [1.82, 2.24) is 0 Å². The molecule has 0 fully saturated rings. The summed E-state index contributed by atoms with van der Waals surface area (Å²) < 4.78 is 4.00. The molecule has 0 aromatic carbocycles. The van der Waals surface area contributed by atoms with Crippen LogP contribution >= 0.6 is 0 Å². The Morgan fingerprint density at radius 1 is 1.80 bits per heavy atom. The van der Waals surface area contributed by atoms with Gasteiger partial charge in [-0.15, -0.1) is 0 Å². The van der Waals surface area contributed by atoms with Crippen molar-refractivity contribution in [3.63, 3.8) is 0 Å². The Morgan fingerprint density at radius 2 is 2.30 bits per heavy atom. The molecule has 0 rings (SSSR count). The molecule has 10 heavy (non-hydrogen) atoms. The minimum Gasteiger partial charge on any atom is -0.877 e. The third-order valence-corrected chi connectivity index (χ3v) is 0.568. The molecule has 0 aliphatic carbocycles. The van der Waals surface area contributed by atoms with Gasteiger partial charge in [-0.25, -0.2) is 9.64 Å². The van der Waals surface area contributed by atoms with Crippen LogP contribution in [0, 0.1) is 6.57 Å². The van der Waals surface area contributed by atoms with Crippen LogP contribution in [-0.4, -0.2) is 13.1 Å². The number of hydrogen-bond donors (Lipinski definition) is 0. The van der Waals surface area contributed by atoms with Crippen molar-refractivity contribution in [1.29, 1.82) is 0 Å². The van der Waals surface area contributed by atoms with Gasteiger partial charge in [0.1, 0.15) is 0 Å². The van der Waals surface area contributed by atoms with E-state index in [9.17, 15) is 9.90 Å². The van der Waals surface area contributed by atoms with E-state index in [0.717, 1.165) is 7.11 Å². The Kier molecular flexibility index (Phi) is 8.07. The fraction of sp³-hybridized carbons (Fsp3) is 0.200. The van der Waals surface area contributed by atoms with E-state index in [1.807, 2.05) is 0 Å². The van der Waals surface area contributed by atoms with Crippen molar-refractivity contribution in [3.8, 4) is 0 Å². The van der Waals surface area contributed by atoms with E-state index in [-0.39, 0.29) is 29.6 Å². The molecule has 5 heteroatoms. The number of ether oxygens (including phenoxy) is 1. The predicted octanol–water partition coefficient (Wildman–Crippen LogP) is -3.72. The summed E-state index contributed by atoms with van der Waals surface area (Å²) in [6, 6.07) is 0. The topological polar surface area (TPSA) is 53.7 Å². The monoisotopic (exact) mass is 149 g/mol. The zero-order valence-electron chi connectivity index (χ0n) is 5.75. The van der Waals surface area contributed by atoms with Crippen LogP contribution in [0.2, 0.25) is 0 Å². The average Bonchev–Trinajstić information content (AvgIpc) is 1.87. The van der Waals surface area contributed by atoms with Gasteiger partial charge in [0.05, 0.1) is 13.7 Å². The van der Waals surface area contributed by atoms with E-state index >= 15 is 0 Å². The molecule has 4 nitrogen and oxygen atoms in total.